The summed E-state index contributed by atoms with van der Waals surface area (Å²) in [4.78, 5) is 23.8. The lowest BCUT2D eigenvalue weighted by molar-refractivity contribution is 0.102. The fourth-order valence-corrected chi connectivity index (χ4v) is 1.21. The molecule has 0 atom stereocenters. The molecule has 0 aliphatic rings. The van der Waals surface area contributed by atoms with Crippen molar-refractivity contribution in [3.8, 4) is 0 Å². The topological polar surface area (TPSA) is 60.7 Å². The summed E-state index contributed by atoms with van der Waals surface area (Å²) in [7, 11) is 1.77. The van der Waals surface area contributed by atoms with Gasteiger partial charge in [-0.25, -0.2) is 9.97 Å². The minimum absolute atomic E-state index is 0.213. The van der Waals surface area contributed by atoms with E-state index in [0.29, 0.717) is 11.5 Å². The molecule has 15 heavy (non-hydrogen) atoms. The molecule has 0 N–H and O–H groups in total. The predicted molar refractivity (Wildman–Crippen MR) is 53.4 cm³/mol. The second kappa shape index (κ2) is 3.61. The number of imidazole rings is 1. The summed E-state index contributed by atoms with van der Waals surface area (Å²) in [6.45, 7) is 1.82. The van der Waals surface area contributed by atoms with Gasteiger partial charge in [0.05, 0.1) is 11.9 Å². The second-order valence-electron chi connectivity index (χ2n) is 3.23. The Morgan fingerprint density at radius 1 is 1.27 bits per heavy atom. The summed E-state index contributed by atoms with van der Waals surface area (Å²) in [5.41, 5.74) is 1.10. The zero-order valence-corrected chi connectivity index (χ0v) is 8.51. The zero-order chi connectivity index (χ0) is 10.8. The molecule has 0 aliphatic heterocycles. The van der Waals surface area contributed by atoms with E-state index in [1.807, 2.05) is 6.92 Å². The standard InChI is InChI=1S/C10H10N4O/c1-7-5-13-8(6-12-7)9(15)10-11-3-4-14(10)2/h3-6H,1-2H3. The molecule has 0 amide bonds. The molecular formula is C10H10N4O. The lowest BCUT2D eigenvalue weighted by Crippen LogP contribution is -2.10. The van der Waals surface area contributed by atoms with Crippen molar-refractivity contribution in [2.24, 2.45) is 7.05 Å². The first kappa shape index (κ1) is 9.51. The van der Waals surface area contributed by atoms with Gasteiger partial charge < -0.3 is 4.57 Å². The summed E-state index contributed by atoms with van der Waals surface area (Å²) in [5, 5.41) is 0. The van der Waals surface area contributed by atoms with Gasteiger partial charge in [-0.05, 0) is 6.92 Å². The molecule has 5 heteroatoms. The number of aromatic nitrogens is 4. The van der Waals surface area contributed by atoms with Crippen LogP contribution in [0, 0.1) is 6.92 Å². The number of ketones is 1. The highest BCUT2D eigenvalue weighted by Crippen LogP contribution is 2.03. The molecule has 76 valence electrons. The normalized spacial score (nSPS) is 10.3. The van der Waals surface area contributed by atoms with E-state index in [-0.39, 0.29) is 5.78 Å². The van der Waals surface area contributed by atoms with Gasteiger partial charge in [0.1, 0.15) is 5.69 Å². The Morgan fingerprint density at radius 3 is 2.60 bits per heavy atom. The highest BCUT2D eigenvalue weighted by molar-refractivity contribution is 6.05. The highest BCUT2D eigenvalue weighted by atomic mass is 16.1. The number of hydrogen-bond donors (Lipinski definition) is 0. The average Bonchev–Trinajstić information content (AvgIpc) is 2.65. The summed E-state index contributed by atoms with van der Waals surface area (Å²) in [6.07, 6.45) is 6.33. The zero-order valence-electron chi connectivity index (χ0n) is 8.51. The van der Waals surface area contributed by atoms with E-state index < -0.39 is 0 Å². The molecule has 2 heterocycles. The van der Waals surface area contributed by atoms with Crippen LogP contribution in [0.25, 0.3) is 0 Å². The van der Waals surface area contributed by atoms with Crippen molar-refractivity contribution < 1.29 is 4.79 Å². The molecule has 0 saturated heterocycles. The number of aryl methyl sites for hydroxylation is 2. The van der Waals surface area contributed by atoms with E-state index in [4.69, 9.17) is 0 Å². The van der Waals surface area contributed by atoms with Gasteiger partial charge in [0.2, 0.25) is 5.78 Å². The molecular weight excluding hydrogens is 192 g/mol. The molecule has 0 radical (unpaired) electrons. The van der Waals surface area contributed by atoms with E-state index >= 15 is 0 Å². The van der Waals surface area contributed by atoms with Crippen molar-refractivity contribution in [3.63, 3.8) is 0 Å². The van der Waals surface area contributed by atoms with Crippen molar-refractivity contribution in [3.05, 3.63) is 42.0 Å². The molecule has 5 nitrogen and oxygen atoms in total. The van der Waals surface area contributed by atoms with E-state index in [1.54, 1.807) is 30.2 Å². The van der Waals surface area contributed by atoms with Gasteiger partial charge in [-0.2, -0.15) is 0 Å². The Balaban J connectivity index is 2.37. The molecule has 0 saturated carbocycles. The Morgan fingerprint density at radius 2 is 2.07 bits per heavy atom. The maximum absolute atomic E-state index is 11.9. The van der Waals surface area contributed by atoms with Crippen LogP contribution in [0.3, 0.4) is 0 Å². The first-order chi connectivity index (χ1) is 7.18. The van der Waals surface area contributed by atoms with Gasteiger partial charge in [0, 0.05) is 25.6 Å². The quantitative estimate of drug-likeness (QED) is 0.674. The van der Waals surface area contributed by atoms with Crippen molar-refractivity contribution in [2.75, 3.05) is 0 Å². The van der Waals surface area contributed by atoms with Gasteiger partial charge >= 0.3 is 0 Å². The van der Waals surface area contributed by atoms with Crippen molar-refractivity contribution in [2.45, 2.75) is 6.92 Å². The monoisotopic (exact) mass is 202 g/mol. The molecule has 0 unspecified atom stereocenters. The Bertz CT molecular complexity index is 486. The third-order valence-corrected chi connectivity index (χ3v) is 2.04. The molecule has 0 aromatic carbocycles. The van der Waals surface area contributed by atoms with Gasteiger partial charge in [-0.3, -0.25) is 9.78 Å². The Kier molecular flexibility index (Phi) is 2.29. The number of rotatable bonds is 2. The van der Waals surface area contributed by atoms with Crippen LogP contribution in [0.4, 0.5) is 0 Å². The van der Waals surface area contributed by atoms with Crippen LogP contribution in [-0.2, 0) is 7.05 Å². The number of nitrogens with zero attached hydrogens (tertiary/aromatic N) is 4. The lowest BCUT2D eigenvalue weighted by atomic mass is 10.3. The van der Waals surface area contributed by atoms with Crippen LogP contribution in [0.5, 0.6) is 0 Å². The van der Waals surface area contributed by atoms with E-state index in [1.165, 1.54) is 6.20 Å². The first-order valence-electron chi connectivity index (χ1n) is 4.49. The van der Waals surface area contributed by atoms with Crippen molar-refractivity contribution >= 4 is 5.78 Å². The fraction of sp³-hybridized carbons (Fsp3) is 0.200. The largest absolute Gasteiger partial charge is 0.331 e. The third kappa shape index (κ3) is 1.76. The smallest absolute Gasteiger partial charge is 0.248 e. The fourth-order valence-electron chi connectivity index (χ4n) is 1.21. The van der Waals surface area contributed by atoms with Gasteiger partial charge in [-0.1, -0.05) is 0 Å². The Hall–Kier alpha value is -2.04. The number of carbonyl (C=O) groups excluding carboxylic acids is 1. The molecule has 0 spiro atoms. The van der Waals surface area contributed by atoms with Crippen molar-refractivity contribution in [1.29, 1.82) is 0 Å². The van der Waals surface area contributed by atoms with Gasteiger partial charge in [0.25, 0.3) is 0 Å². The summed E-state index contributed by atoms with van der Waals surface area (Å²) in [6, 6.07) is 0. The van der Waals surface area contributed by atoms with Crippen LogP contribution in [0.15, 0.2) is 24.8 Å². The van der Waals surface area contributed by atoms with Crippen molar-refractivity contribution in [1.82, 2.24) is 19.5 Å². The Labute approximate surface area is 86.8 Å². The predicted octanol–water partition coefficient (Wildman–Crippen LogP) is 0.750. The maximum atomic E-state index is 11.9. The number of carbonyl (C=O) groups is 1. The molecule has 0 bridgehead atoms. The lowest BCUT2D eigenvalue weighted by Gasteiger charge is -1.99. The van der Waals surface area contributed by atoms with Crippen LogP contribution < -0.4 is 0 Å². The molecule has 2 aromatic rings. The number of hydrogen-bond acceptors (Lipinski definition) is 4. The molecule has 2 aromatic heterocycles. The first-order valence-corrected chi connectivity index (χ1v) is 4.49. The molecule has 0 fully saturated rings. The van der Waals surface area contributed by atoms with Crippen LogP contribution in [-0.4, -0.2) is 25.3 Å². The van der Waals surface area contributed by atoms with E-state index in [9.17, 15) is 4.79 Å². The van der Waals surface area contributed by atoms with Gasteiger partial charge in [0.15, 0.2) is 5.82 Å². The average molecular weight is 202 g/mol. The summed E-state index contributed by atoms with van der Waals surface area (Å²) < 4.78 is 1.66. The van der Waals surface area contributed by atoms with E-state index in [0.717, 1.165) is 5.69 Å². The molecule has 0 aliphatic carbocycles. The van der Waals surface area contributed by atoms with Crippen LogP contribution in [0.1, 0.15) is 22.0 Å². The molecule has 2 rings (SSSR count). The third-order valence-electron chi connectivity index (χ3n) is 2.04. The highest BCUT2D eigenvalue weighted by Gasteiger charge is 2.14. The maximum Gasteiger partial charge on any atom is 0.248 e. The van der Waals surface area contributed by atoms with Gasteiger partial charge in [-0.15, -0.1) is 0 Å². The SMILES string of the molecule is Cc1cnc(C(=O)c2nccn2C)cn1. The summed E-state index contributed by atoms with van der Waals surface area (Å²) >= 11 is 0. The minimum atomic E-state index is -0.213. The summed E-state index contributed by atoms with van der Waals surface area (Å²) in [5.74, 6) is 0.156. The van der Waals surface area contributed by atoms with Crippen LogP contribution in [0.2, 0.25) is 0 Å². The second-order valence-corrected chi connectivity index (χ2v) is 3.23. The van der Waals surface area contributed by atoms with Crippen LogP contribution >= 0.6 is 0 Å². The minimum Gasteiger partial charge on any atom is -0.331 e. The van der Waals surface area contributed by atoms with E-state index in [2.05, 4.69) is 15.0 Å².